The van der Waals surface area contributed by atoms with E-state index < -0.39 is 11.6 Å². The monoisotopic (exact) mass is 323 g/mol. The number of ether oxygens (including phenoxy) is 1. The number of hydrogen-bond donors (Lipinski definition) is 0. The molecular weight excluding hydrogens is 314 g/mol. The minimum atomic E-state index is -0.508. The number of aromatic nitrogens is 1. The molecule has 0 saturated carbocycles. The molecular formula is C18H10ClNO3. The largest absolute Gasteiger partial charge is 0.475 e. The zero-order valence-electron chi connectivity index (χ0n) is 11.9. The van der Waals surface area contributed by atoms with Gasteiger partial charge in [-0.1, -0.05) is 41.6 Å². The van der Waals surface area contributed by atoms with E-state index in [4.69, 9.17) is 16.3 Å². The quantitative estimate of drug-likeness (QED) is 0.797. The molecule has 0 aliphatic heterocycles. The first-order valence-corrected chi connectivity index (χ1v) is 7.17. The topological polar surface area (TPSA) is 56.3 Å². The van der Waals surface area contributed by atoms with Crippen molar-refractivity contribution in [3.05, 3.63) is 76.3 Å². The average Bonchev–Trinajstić information content (AvgIpc) is 2.60. The summed E-state index contributed by atoms with van der Waals surface area (Å²) in [6, 6.07) is 12.4. The number of benzene rings is 1. The van der Waals surface area contributed by atoms with Gasteiger partial charge in [0, 0.05) is 11.8 Å². The van der Waals surface area contributed by atoms with Gasteiger partial charge in [0.05, 0.1) is 5.56 Å². The van der Waals surface area contributed by atoms with E-state index in [0.717, 1.165) is 5.56 Å². The predicted molar refractivity (Wildman–Crippen MR) is 85.0 cm³/mol. The Morgan fingerprint density at radius 1 is 1.04 bits per heavy atom. The van der Waals surface area contributed by atoms with Crippen molar-refractivity contribution in [2.75, 3.05) is 6.61 Å². The van der Waals surface area contributed by atoms with Crippen LogP contribution >= 0.6 is 11.6 Å². The lowest BCUT2D eigenvalue weighted by Crippen LogP contribution is -2.23. The zero-order valence-corrected chi connectivity index (χ0v) is 12.6. The van der Waals surface area contributed by atoms with E-state index in [1.165, 1.54) is 12.3 Å². The van der Waals surface area contributed by atoms with E-state index in [9.17, 15) is 9.59 Å². The van der Waals surface area contributed by atoms with Gasteiger partial charge in [0.2, 0.25) is 11.6 Å². The van der Waals surface area contributed by atoms with E-state index in [2.05, 4.69) is 16.8 Å². The number of carbonyl (C=O) groups excluding carboxylic acids is 2. The number of rotatable bonds is 2. The van der Waals surface area contributed by atoms with Crippen molar-refractivity contribution in [2.24, 2.45) is 0 Å². The number of carbonyl (C=O) groups is 2. The third-order valence-electron chi connectivity index (χ3n) is 3.17. The van der Waals surface area contributed by atoms with Crippen molar-refractivity contribution in [3.63, 3.8) is 0 Å². The van der Waals surface area contributed by atoms with Crippen LogP contribution in [0.1, 0.15) is 26.4 Å². The highest BCUT2D eigenvalue weighted by Crippen LogP contribution is 2.27. The fraction of sp³-hybridized carbons (Fsp3) is 0.0556. The molecule has 0 bridgehead atoms. The molecule has 1 heterocycles. The highest BCUT2D eigenvalue weighted by molar-refractivity contribution is 6.49. The molecule has 0 spiro atoms. The molecule has 1 aromatic heterocycles. The van der Waals surface area contributed by atoms with Crippen LogP contribution in [0.2, 0.25) is 0 Å². The van der Waals surface area contributed by atoms with Crippen molar-refractivity contribution in [1.29, 1.82) is 0 Å². The van der Waals surface area contributed by atoms with Crippen LogP contribution in [0.3, 0.4) is 0 Å². The first-order chi connectivity index (χ1) is 11.2. The van der Waals surface area contributed by atoms with Crippen molar-refractivity contribution in [3.8, 4) is 11.8 Å². The second-order valence-electron chi connectivity index (χ2n) is 4.66. The van der Waals surface area contributed by atoms with Crippen LogP contribution in [0.25, 0.3) is 0 Å². The van der Waals surface area contributed by atoms with Crippen molar-refractivity contribution in [1.82, 2.24) is 4.98 Å². The molecule has 0 unspecified atom stereocenters. The molecule has 3 rings (SSSR count). The Labute approximate surface area is 137 Å². The number of hydrogen-bond acceptors (Lipinski definition) is 4. The van der Waals surface area contributed by atoms with Gasteiger partial charge in [0.1, 0.15) is 17.3 Å². The van der Waals surface area contributed by atoms with E-state index in [-0.39, 0.29) is 28.7 Å². The number of halogens is 1. The lowest BCUT2D eigenvalue weighted by atomic mass is 9.98. The number of nitrogens with zero attached hydrogens (tertiary/aromatic N) is 1. The standard InChI is InChI=1S/C18H10ClNO3/c19-14-16(21)13-9-4-10-20-15(13)17(22)18(14)23-11-5-8-12-6-2-1-3-7-12/h1-4,6-7,9-10H,11H2. The van der Waals surface area contributed by atoms with Crippen LogP contribution in [-0.2, 0) is 4.74 Å². The maximum atomic E-state index is 12.3. The Morgan fingerprint density at radius 3 is 2.61 bits per heavy atom. The van der Waals surface area contributed by atoms with Gasteiger partial charge in [-0.2, -0.15) is 0 Å². The number of fused-ring (bicyclic) bond motifs is 1. The Hall–Kier alpha value is -2.90. The molecule has 0 N–H and O–H groups in total. The number of ketones is 2. The normalized spacial score (nSPS) is 13.3. The van der Waals surface area contributed by atoms with Gasteiger partial charge >= 0.3 is 0 Å². The molecule has 1 aliphatic rings. The van der Waals surface area contributed by atoms with Gasteiger partial charge in [-0.15, -0.1) is 0 Å². The SMILES string of the molecule is O=C1C(Cl)=C(OCC#Cc2ccccc2)C(=O)c2ncccc21. The second-order valence-corrected chi connectivity index (χ2v) is 5.04. The summed E-state index contributed by atoms with van der Waals surface area (Å²) >= 11 is 5.96. The molecule has 0 radical (unpaired) electrons. The van der Waals surface area contributed by atoms with Gasteiger partial charge in [-0.05, 0) is 24.3 Å². The maximum absolute atomic E-state index is 12.3. The fourth-order valence-corrected chi connectivity index (χ4v) is 2.34. The Kier molecular flexibility index (Phi) is 4.22. The molecule has 0 atom stereocenters. The van der Waals surface area contributed by atoms with Crippen LogP contribution in [0.15, 0.2) is 59.5 Å². The van der Waals surface area contributed by atoms with Gasteiger partial charge in [0.25, 0.3) is 0 Å². The van der Waals surface area contributed by atoms with Crippen LogP contribution < -0.4 is 0 Å². The Bertz CT molecular complexity index is 876. The second kappa shape index (κ2) is 6.47. The highest BCUT2D eigenvalue weighted by Gasteiger charge is 2.33. The average molecular weight is 324 g/mol. The molecule has 23 heavy (non-hydrogen) atoms. The van der Waals surface area contributed by atoms with Gasteiger partial charge in [-0.25, -0.2) is 0 Å². The Morgan fingerprint density at radius 2 is 1.83 bits per heavy atom. The minimum absolute atomic E-state index is 0.0490. The molecule has 0 saturated heterocycles. The molecule has 112 valence electrons. The molecule has 5 heteroatoms. The summed E-state index contributed by atoms with van der Waals surface area (Å²) in [6.45, 7) is -0.0539. The highest BCUT2D eigenvalue weighted by atomic mass is 35.5. The molecule has 0 fully saturated rings. The smallest absolute Gasteiger partial charge is 0.248 e. The summed E-state index contributed by atoms with van der Waals surface area (Å²) < 4.78 is 5.32. The van der Waals surface area contributed by atoms with E-state index in [0.29, 0.717) is 0 Å². The number of allylic oxidation sites excluding steroid dienone is 2. The van der Waals surface area contributed by atoms with Crippen LogP contribution in [0, 0.1) is 11.8 Å². The zero-order chi connectivity index (χ0) is 16.2. The van der Waals surface area contributed by atoms with Crippen LogP contribution in [0.5, 0.6) is 0 Å². The summed E-state index contributed by atoms with van der Waals surface area (Å²) in [6.07, 6.45) is 1.44. The lowest BCUT2D eigenvalue weighted by molar-refractivity contribution is 0.0894. The summed E-state index contributed by atoms with van der Waals surface area (Å²) in [5.41, 5.74) is 1.06. The third kappa shape index (κ3) is 3.01. The third-order valence-corrected chi connectivity index (χ3v) is 3.51. The summed E-state index contributed by atoms with van der Waals surface area (Å²) in [5.74, 6) is 4.49. The van der Waals surface area contributed by atoms with E-state index in [1.807, 2.05) is 30.3 Å². The number of pyridine rings is 1. The van der Waals surface area contributed by atoms with Crippen molar-refractivity contribution >= 4 is 23.2 Å². The number of Topliss-reactive ketones (excluding diaryl/α,β-unsaturated/α-hetero) is 2. The summed E-state index contributed by atoms with van der Waals surface area (Å²) in [7, 11) is 0. The molecule has 1 aliphatic carbocycles. The van der Waals surface area contributed by atoms with E-state index >= 15 is 0 Å². The van der Waals surface area contributed by atoms with Gasteiger partial charge in [0.15, 0.2) is 5.76 Å². The van der Waals surface area contributed by atoms with Crippen LogP contribution in [0.4, 0.5) is 0 Å². The lowest BCUT2D eigenvalue weighted by Gasteiger charge is -2.15. The fourth-order valence-electron chi connectivity index (χ4n) is 2.09. The first-order valence-electron chi connectivity index (χ1n) is 6.79. The molecule has 0 amide bonds. The molecule has 1 aromatic carbocycles. The summed E-state index contributed by atoms with van der Waals surface area (Å²) in [4.78, 5) is 28.4. The van der Waals surface area contributed by atoms with Crippen molar-refractivity contribution in [2.45, 2.75) is 0 Å². The van der Waals surface area contributed by atoms with Crippen LogP contribution in [-0.4, -0.2) is 23.2 Å². The maximum Gasteiger partial charge on any atom is 0.248 e. The van der Waals surface area contributed by atoms with Gasteiger partial charge < -0.3 is 4.74 Å². The van der Waals surface area contributed by atoms with E-state index in [1.54, 1.807) is 6.07 Å². The van der Waals surface area contributed by atoms with Crippen molar-refractivity contribution < 1.29 is 14.3 Å². The molecule has 4 nitrogen and oxygen atoms in total. The first kappa shape index (κ1) is 15.0. The van der Waals surface area contributed by atoms with Gasteiger partial charge in [-0.3, -0.25) is 14.6 Å². The minimum Gasteiger partial charge on any atom is -0.475 e. The predicted octanol–water partition coefficient (Wildman–Crippen LogP) is 2.98. The summed E-state index contributed by atoms with van der Waals surface area (Å²) in [5, 5.41) is -0.239. The molecule has 2 aromatic rings. The Balaban J connectivity index is 1.78.